The minimum absolute atomic E-state index is 0.674. The van der Waals surface area contributed by atoms with Crippen LogP contribution in [-0.4, -0.2) is 39.3 Å². The van der Waals surface area contributed by atoms with E-state index in [1.165, 1.54) is 42.4 Å². The van der Waals surface area contributed by atoms with Crippen LogP contribution in [-0.2, 0) is 17.5 Å². The SMILES string of the molecule is C=C(C)S(=O)n1c(C)c(C)c2cc(CNCCN3CCCC3)ccc21. The summed E-state index contributed by atoms with van der Waals surface area (Å²) in [6.07, 6.45) is 2.69. The third-order valence-electron chi connectivity index (χ3n) is 5.13. The molecule has 1 aromatic heterocycles. The number of hydrogen-bond acceptors (Lipinski definition) is 3. The first-order valence-corrected chi connectivity index (χ1v) is 10.2. The molecule has 3 rings (SSSR count). The lowest BCUT2D eigenvalue weighted by atomic mass is 10.1. The van der Waals surface area contributed by atoms with Crippen molar-refractivity contribution in [2.45, 2.75) is 40.2 Å². The minimum Gasteiger partial charge on any atom is -0.311 e. The largest absolute Gasteiger partial charge is 0.311 e. The monoisotopic (exact) mass is 359 g/mol. The first kappa shape index (κ1) is 18.4. The minimum atomic E-state index is -1.21. The number of benzene rings is 1. The molecule has 4 nitrogen and oxygen atoms in total. The van der Waals surface area contributed by atoms with Crippen molar-refractivity contribution in [3.63, 3.8) is 0 Å². The lowest BCUT2D eigenvalue weighted by molar-refractivity contribution is 0.335. The van der Waals surface area contributed by atoms with Crippen LogP contribution in [0.1, 0.15) is 36.6 Å². The molecule has 0 radical (unpaired) electrons. The number of allylic oxidation sites excluding steroid dienone is 1. The van der Waals surface area contributed by atoms with E-state index in [1.807, 2.05) is 17.8 Å². The predicted octanol–water partition coefficient (Wildman–Crippen LogP) is 3.49. The van der Waals surface area contributed by atoms with Gasteiger partial charge in [-0.1, -0.05) is 12.6 Å². The highest BCUT2D eigenvalue weighted by molar-refractivity contribution is 7.87. The average molecular weight is 360 g/mol. The van der Waals surface area contributed by atoms with Crippen LogP contribution in [0.25, 0.3) is 10.9 Å². The van der Waals surface area contributed by atoms with Crippen LogP contribution in [0.3, 0.4) is 0 Å². The third kappa shape index (κ3) is 3.89. The number of nitrogens with one attached hydrogen (secondary N) is 1. The maximum absolute atomic E-state index is 12.6. The zero-order valence-electron chi connectivity index (χ0n) is 15.6. The van der Waals surface area contributed by atoms with E-state index in [0.29, 0.717) is 4.91 Å². The van der Waals surface area contributed by atoms with Gasteiger partial charge in [-0.2, -0.15) is 0 Å². The Kier molecular flexibility index (Phi) is 5.77. The highest BCUT2D eigenvalue weighted by atomic mass is 32.2. The number of hydrogen-bond donors (Lipinski definition) is 1. The van der Waals surface area contributed by atoms with Gasteiger partial charge in [-0.05, 0) is 70.0 Å². The van der Waals surface area contributed by atoms with Gasteiger partial charge in [-0.25, -0.2) is 4.21 Å². The molecular weight excluding hydrogens is 330 g/mol. The smallest absolute Gasteiger partial charge is 0.152 e. The van der Waals surface area contributed by atoms with Crippen molar-refractivity contribution >= 4 is 21.9 Å². The highest BCUT2D eigenvalue weighted by Crippen LogP contribution is 2.28. The molecule has 0 spiro atoms. The van der Waals surface area contributed by atoms with Crippen LogP contribution in [0, 0.1) is 13.8 Å². The van der Waals surface area contributed by atoms with Gasteiger partial charge >= 0.3 is 0 Å². The molecule has 0 bridgehead atoms. The van der Waals surface area contributed by atoms with Crippen molar-refractivity contribution in [2.24, 2.45) is 0 Å². The summed E-state index contributed by atoms with van der Waals surface area (Å²) in [7, 11) is -1.21. The van der Waals surface area contributed by atoms with E-state index in [-0.39, 0.29) is 0 Å². The number of nitrogens with zero attached hydrogens (tertiary/aromatic N) is 2. The molecule has 1 aromatic carbocycles. The molecule has 2 aromatic rings. The first-order valence-electron chi connectivity index (χ1n) is 9.10. The molecule has 25 heavy (non-hydrogen) atoms. The number of likely N-dealkylation sites (tertiary alicyclic amines) is 1. The molecule has 1 saturated heterocycles. The summed E-state index contributed by atoms with van der Waals surface area (Å²) in [5, 5.41) is 4.74. The molecule has 136 valence electrons. The fourth-order valence-electron chi connectivity index (χ4n) is 3.54. The molecule has 5 heteroatoms. The maximum atomic E-state index is 12.6. The van der Waals surface area contributed by atoms with Gasteiger partial charge in [-0.3, -0.25) is 3.97 Å². The number of aromatic nitrogens is 1. The Bertz CT molecular complexity index is 803. The number of fused-ring (bicyclic) bond motifs is 1. The van der Waals surface area contributed by atoms with Gasteiger partial charge in [0.1, 0.15) is 0 Å². The fraction of sp³-hybridized carbons (Fsp3) is 0.500. The zero-order chi connectivity index (χ0) is 18.0. The van der Waals surface area contributed by atoms with Crippen LogP contribution in [0.5, 0.6) is 0 Å². The fourth-order valence-corrected chi connectivity index (χ4v) is 4.58. The van der Waals surface area contributed by atoms with Gasteiger partial charge in [0.25, 0.3) is 0 Å². The molecule has 0 amide bonds. The molecule has 1 aliphatic heterocycles. The summed E-state index contributed by atoms with van der Waals surface area (Å²) in [5.74, 6) is 0. The zero-order valence-corrected chi connectivity index (χ0v) is 16.4. The topological polar surface area (TPSA) is 37.3 Å². The number of aryl methyl sites for hydroxylation is 1. The maximum Gasteiger partial charge on any atom is 0.152 e. The Morgan fingerprint density at radius 2 is 2.00 bits per heavy atom. The summed E-state index contributed by atoms with van der Waals surface area (Å²) in [6.45, 7) is 15.3. The standard InChI is InChI=1S/C20H29N3OS/c1-15(2)25(24)23-17(4)16(3)19-13-18(7-8-20(19)23)14-21-9-12-22-10-5-6-11-22/h7-8,13,21H,1,5-6,9-12,14H2,2-4H3. The van der Waals surface area contributed by atoms with E-state index < -0.39 is 11.0 Å². The van der Waals surface area contributed by atoms with Crippen molar-refractivity contribution < 1.29 is 4.21 Å². The molecule has 2 heterocycles. The van der Waals surface area contributed by atoms with Crippen molar-refractivity contribution in [1.29, 1.82) is 0 Å². The highest BCUT2D eigenvalue weighted by Gasteiger charge is 2.16. The van der Waals surface area contributed by atoms with Crippen LogP contribution < -0.4 is 5.32 Å². The van der Waals surface area contributed by atoms with Gasteiger partial charge in [0, 0.05) is 35.6 Å². The van der Waals surface area contributed by atoms with E-state index in [4.69, 9.17) is 0 Å². The van der Waals surface area contributed by atoms with Crippen molar-refractivity contribution in [1.82, 2.24) is 14.2 Å². The second-order valence-corrected chi connectivity index (χ2v) is 8.59. The molecule has 1 unspecified atom stereocenters. The summed E-state index contributed by atoms with van der Waals surface area (Å²) in [6, 6.07) is 6.45. The molecule has 1 fully saturated rings. The lowest BCUT2D eigenvalue weighted by Gasteiger charge is -2.14. The second-order valence-electron chi connectivity index (χ2n) is 7.03. The summed E-state index contributed by atoms with van der Waals surface area (Å²) >= 11 is 0. The Morgan fingerprint density at radius 1 is 1.28 bits per heavy atom. The van der Waals surface area contributed by atoms with E-state index in [1.54, 1.807) is 0 Å². The molecule has 0 aliphatic carbocycles. The van der Waals surface area contributed by atoms with Crippen molar-refractivity contribution in [2.75, 3.05) is 26.2 Å². The van der Waals surface area contributed by atoms with E-state index >= 15 is 0 Å². The van der Waals surface area contributed by atoms with Crippen LogP contribution >= 0.6 is 0 Å². The quantitative estimate of drug-likeness (QED) is 0.769. The summed E-state index contributed by atoms with van der Waals surface area (Å²) < 4.78 is 14.5. The Labute approximate surface area is 153 Å². The first-order chi connectivity index (χ1) is 12.0. The molecular formula is C20H29N3OS. The van der Waals surface area contributed by atoms with Crippen LogP contribution in [0.2, 0.25) is 0 Å². The Balaban J connectivity index is 1.72. The molecule has 1 atom stereocenters. The Hall–Kier alpha value is -1.43. The molecule has 0 saturated carbocycles. The molecule has 1 N–H and O–H groups in total. The van der Waals surface area contributed by atoms with Crippen molar-refractivity contribution in [3.05, 3.63) is 46.5 Å². The van der Waals surface area contributed by atoms with Gasteiger partial charge in [-0.15, -0.1) is 0 Å². The normalized spacial score (nSPS) is 16.6. The van der Waals surface area contributed by atoms with Crippen molar-refractivity contribution in [3.8, 4) is 0 Å². The number of rotatable bonds is 7. The van der Waals surface area contributed by atoms with Crippen LogP contribution in [0.15, 0.2) is 29.7 Å². The summed E-state index contributed by atoms with van der Waals surface area (Å²) in [5.41, 5.74) is 4.55. The van der Waals surface area contributed by atoms with Gasteiger partial charge < -0.3 is 10.2 Å². The van der Waals surface area contributed by atoms with E-state index in [9.17, 15) is 4.21 Å². The van der Waals surface area contributed by atoms with E-state index in [0.717, 1.165) is 30.8 Å². The average Bonchev–Trinajstić information content (AvgIpc) is 3.19. The van der Waals surface area contributed by atoms with Gasteiger partial charge in [0.2, 0.25) is 0 Å². The lowest BCUT2D eigenvalue weighted by Crippen LogP contribution is -2.29. The van der Waals surface area contributed by atoms with Crippen LogP contribution in [0.4, 0.5) is 0 Å². The second kappa shape index (κ2) is 7.85. The third-order valence-corrected chi connectivity index (χ3v) is 6.53. The summed E-state index contributed by atoms with van der Waals surface area (Å²) in [4.78, 5) is 3.20. The molecule has 1 aliphatic rings. The van der Waals surface area contributed by atoms with Gasteiger partial charge in [0.15, 0.2) is 11.0 Å². The predicted molar refractivity (Wildman–Crippen MR) is 107 cm³/mol. The van der Waals surface area contributed by atoms with E-state index in [2.05, 4.69) is 41.9 Å². The van der Waals surface area contributed by atoms with Gasteiger partial charge in [0.05, 0.1) is 5.52 Å². The Morgan fingerprint density at radius 3 is 2.68 bits per heavy atom.